The molecule has 160 valence electrons. The molecule has 2 aromatic carbocycles. The number of carbonyl (C=O) groups excluding carboxylic acids is 1. The van der Waals surface area contributed by atoms with Gasteiger partial charge in [0, 0.05) is 30.9 Å². The fourth-order valence-electron chi connectivity index (χ4n) is 3.08. The lowest BCUT2D eigenvalue weighted by Crippen LogP contribution is -2.10. The molecule has 2 heterocycles. The van der Waals surface area contributed by atoms with E-state index in [-0.39, 0.29) is 23.9 Å². The van der Waals surface area contributed by atoms with Gasteiger partial charge in [0.15, 0.2) is 17.0 Å². The molecule has 0 unspecified atom stereocenters. The van der Waals surface area contributed by atoms with Gasteiger partial charge in [-0.2, -0.15) is 4.98 Å². The molecule has 2 aromatic heterocycles. The Balaban J connectivity index is 1.73. The molecule has 0 aliphatic rings. The van der Waals surface area contributed by atoms with Crippen LogP contribution in [-0.4, -0.2) is 41.7 Å². The van der Waals surface area contributed by atoms with Gasteiger partial charge in [-0.25, -0.2) is 9.78 Å². The molecule has 8 heteroatoms. The first-order valence-corrected chi connectivity index (χ1v) is 10.0. The van der Waals surface area contributed by atoms with Crippen LogP contribution in [0.3, 0.4) is 0 Å². The Morgan fingerprint density at radius 2 is 1.90 bits per heavy atom. The number of unbranched alkanes of at least 4 members (excludes halogenated alkanes) is 1. The monoisotopic (exact) mass is 421 g/mol. The van der Waals surface area contributed by atoms with Gasteiger partial charge in [0.25, 0.3) is 6.01 Å². The number of rotatable bonds is 7. The molecular formula is C23H23N3O5. The minimum atomic E-state index is -0.691. The highest BCUT2D eigenvalue weighted by Gasteiger charge is 2.21. The molecule has 8 nitrogen and oxygen atoms in total. The number of benzene rings is 2. The predicted molar refractivity (Wildman–Crippen MR) is 117 cm³/mol. The lowest BCUT2D eigenvalue weighted by Gasteiger charge is -2.12. The number of carbonyl (C=O) groups is 1. The first-order chi connectivity index (χ1) is 15.0. The van der Waals surface area contributed by atoms with E-state index in [1.807, 2.05) is 21.0 Å². The summed E-state index contributed by atoms with van der Waals surface area (Å²) in [4.78, 5) is 23.0. The Kier molecular flexibility index (Phi) is 5.62. The summed E-state index contributed by atoms with van der Waals surface area (Å²) >= 11 is 0. The third kappa shape index (κ3) is 4.09. The summed E-state index contributed by atoms with van der Waals surface area (Å²) in [6, 6.07) is 12.7. The van der Waals surface area contributed by atoms with Gasteiger partial charge in [-0.3, -0.25) is 0 Å². The van der Waals surface area contributed by atoms with Gasteiger partial charge < -0.3 is 23.9 Å². The van der Waals surface area contributed by atoms with Crippen molar-refractivity contribution < 1.29 is 23.8 Å². The maximum Gasteiger partial charge on any atom is 0.360 e. The number of esters is 1. The minimum Gasteiger partial charge on any atom is -0.505 e. The summed E-state index contributed by atoms with van der Waals surface area (Å²) in [6.07, 6.45) is 1.62. The average molecular weight is 421 g/mol. The van der Waals surface area contributed by atoms with E-state index >= 15 is 0 Å². The van der Waals surface area contributed by atoms with Crippen LogP contribution in [0.4, 0.5) is 6.01 Å². The van der Waals surface area contributed by atoms with E-state index in [2.05, 4.69) is 9.97 Å². The number of pyridine rings is 1. The van der Waals surface area contributed by atoms with E-state index < -0.39 is 5.97 Å². The summed E-state index contributed by atoms with van der Waals surface area (Å²) < 4.78 is 16.9. The van der Waals surface area contributed by atoms with Gasteiger partial charge in [0.2, 0.25) is 5.88 Å². The molecule has 0 amide bonds. The molecule has 1 N–H and O–H groups in total. The molecule has 0 aliphatic heterocycles. The lowest BCUT2D eigenvalue weighted by molar-refractivity contribution is 0.0488. The fraction of sp³-hybridized carbons (Fsp3) is 0.261. The van der Waals surface area contributed by atoms with Crippen LogP contribution in [0.2, 0.25) is 0 Å². The topological polar surface area (TPSA) is 97.9 Å². The molecule has 0 saturated carbocycles. The van der Waals surface area contributed by atoms with Gasteiger partial charge in [0.05, 0.1) is 6.61 Å². The molecule has 31 heavy (non-hydrogen) atoms. The smallest absolute Gasteiger partial charge is 0.360 e. The molecule has 0 bridgehead atoms. The molecule has 0 atom stereocenters. The van der Waals surface area contributed by atoms with Crippen molar-refractivity contribution in [3.05, 3.63) is 48.2 Å². The van der Waals surface area contributed by atoms with Crippen LogP contribution < -0.4 is 9.64 Å². The zero-order valence-electron chi connectivity index (χ0n) is 17.6. The van der Waals surface area contributed by atoms with Gasteiger partial charge in [-0.15, -0.1) is 0 Å². The number of hydrogen-bond donors (Lipinski definition) is 1. The highest BCUT2D eigenvalue weighted by atomic mass is 16.5. The number of anilines is 1. The summed E-state index contributed by atoms with van der Waals surface area (Å²) in [5, 5.41) is 11.6. The van der Waals surface area contributed by atoms with Gasteiger partial charge >= 0.3 is 5.97 Å². The number of aromatic nitrogens is 2. The predicted octanol–water partition coefficient (Wildman–Crippen LogP) is 4.90. The number of ether oxygens (including phenoxy) is 2. The maximum atomic E-state index is 12.5. The second kappa shape index (κ2) is 8.51. The number of aromatic hydroxyl groups is 1. The van der Waals surface area contributed by atoms with Crippen LogP contribution in [0.1, 0.15) is 30.3 Å². The van der Waals surface area contributed by atoms with Crippen molar-refractivity contribution in [1.82, 2.24) is 9.97 Å². The Hall–Kier alpha value is -3.81. The van der Waals surface area contributed by atoms with Crippen LogP contribution in [-0.2, 0) is 4.74 Å². The van der Waals surface area contributed by atoms with Crippen molar-refractivity contribution in [1.29, 1.82) is 0 Å². The summed E-state index contributed by atoms with van der Waals surface area (Å²) in [5.74, 6) is -0.262. The third-order valence-corrected chi connectivity index (χ3v) is 4.72. The van der Waals surface area contributed by atoms with Crippen LogP contribution >= 0.6 is 0 Å². The van der Waals surface area contributed by atoms with E-state index in [1.54, 1.807) is 47.4 Å². The molecule has 0 spiro atoms. The lowest BCUT2D eigenvalue weighted by atomic mass is 10.1. The third-order valence-electron chi connectivity index (χ3n) is 4.72. The minimum absolute atomic E-state index is 0.179. The van der Waals surface area contributed by atoms with Crippen molar-refractivity contribution >= 4 is 33.9 Å². The number of fused-ring (bicyclic) bond motifs is 2. The fourth-order valence-corrected chi connectivity index (χ4v) is 3.08. The number of oxazole rings is 1. The van der Waals surface area contributed by atoms with Crippen molar-refractivity contribution in [2.75, 3.05) is 25.6 Å². The van der Waals surface area contributed by atoms with Crippen LogP contribution in [0.25, 0.3) is 21.9 Å². The Morgan fingerprint density at radius 1 is 1.13 bits per heavy atom. The van der Waals surface area contributed by atoms with Crippen LogP contribution in [0, 0.1) is 0 Å². The average Bonchev–Trinajstić information content (AvgIpc) is 3.20. The molecule has 0 aliphatic carbocycles. The van der Waals surface area contributed by atoms with Crippen LogP contribution in [0.5, 0.6) is 17.4 Å². The van der Waals surface area contributed by atoms with Crippen molar-refractivity contribution in [2.45, 2.75) is 19.8 Å². The van der Waals surface area contributed by atoms with E-state index in [4.69, 9.17) is 13.9 Å². The normalized spacial score (nSPS) is 11.1. The van der Waals surface area contributed by atoms with Gasteiger partial charge in [-0.1, -0.05) is 31.5 Å². The first kappa shape index (κ1) is 20.5. The first-order valence-electron chi connectivity index (χ1n) is 10.0. The van der Waals surface area contributed by atoms with Gasteiger partial charge in [0.1, 0.15) is 11.3 Å². The van der Waals surface area contributed by atoms with Crippen LogP contribution in [0.15, 0.2) is 46.9 Å². The van der Waals surface area contributed by atoms with Gasteiger partial charge in [-0.05, 0) is 24.6 Å². The Bertz CT molecular complexity index is 1250. The second-order valence-corrected chi connectivity index (χ2v) is 7.27. The van der Waals surface area contributed by atoms with E-state index in [0.29, 0.717) is 33.6 Å². The Labute approximate surface area is 179 Å². The standard InChI is InChI=1S/C23H23N3O5/c1-4-5-12-29-22(28)19-20(27)15-8-6-7-9-16(15)21(25-19)30-14-10-11-18-17(13-14)24-23(31-18)26(2)3/h6-11,13,27H,4-5,12H2,1-3H3. The van der Waals surface area contributed by atoms with Crippen molar-refractivity contribution in [3.63, 3.8) is 0 Å². The SMILES string of the molecule is CCCCOC(=O)c1nc(Oc2ccc3oc(N(C)C)nc3c2)c2ccccc2c1O. The van der Waals surface area contributed by atoms with Crippen molar-refractivity contribution in [2.24, 2.45) is 0 Å². The summed E-state index contributed by atoms with van der Waals surface area (Å²) in [5.41, 5.74) is 1.07. The molecular weight excluding hydrogens is 398 g/mol. The van der Waals surface area contributed by atoms with E-state index in [1.165, 1.54) is 0 Å². The second-order valence-electron chi connectivity index (χ2n) is 7.27. The quantitative estimate of drug-likeness (QED) is 0.332. The van der Waals surface area contributed by atoms with E-state index in [0.717, 1.165) is 12.8 Å². The van der Waals surface area contributed by atoms with E-state index in [9.17, 15) is 9.90 Å². The zero-order valence-corrected chi connectivity index (χ0v) is 17.6. The molecule has 0 fully saturated rings. The Morgan fingerprint density at radius 3 is 2.65 bits per heavy atom. The number of nitrogens with zero attached hydrogens (tertiary/aromatic N) is 3. The highest BCUT2D eigenvalue weighted by Crippen LogP contribution is 2.36. The zero-order chi connectivity index (χ0) is 22.0. The maximum absolute atomic E-state index is 12.5. The summed E-state index contributed by atoms with van der Waals surface area (Å²) in [7, 11) is 3.69. The highest BCUT2D eigenvalue weighted by molar-refractivity contribution is 6.01. The largest absolute Gasteiger partial charge is 0.505 e. The van der Waals surface area contributed by atoms with Crippen molar-refractivity contribution in [3.8, 4) is 17.4 Å². The number of hydrogen-bond acceptors (Lipinski definition) is 8. The molecule has 4 aromatic rings. The molecule has 0 radical (unpaired) electrons. The summed E-state index contributed by atoms with van der Waals surface area (Å²) in [6.45, 7) is 2.26. The molecule has 0 saturated heterocycles. The molecule has 4 rings (SSSR count).